The van der Waals surface area contributed by atoms with Gasteiger partial charge in [0.25, 0.3) is 63.7 Å². The Balaban J connectivity index is 0.000000247. The number of aromatic nitrogens is 4. The quantitative estimate of drug-likeness (QED) is 0.0260. The number of Topliss-reactive ketones (excluding diaryl/α,β-unsaturated/α-hetero) is 4. The molecule has 0 aliphatic carbocycles. The van der Waals surface area contributed by atoms with Crippen LogP contribution >= 0.6 is 45.3 Å². The van der Waals surface area contributed by atoms with Crippen LogP contribution in [0.1, 0.15) is 252 Å². The number of hydrogen-bond donors (Lipinski definition) is 8. The van der Waals surface area contributed by atoms with Crippen molar-refractivity contribution < 1.29 is 156 Å². The van der Waals surface area contributed by atoms with Gasteiger partial charge in [-0.2, -0.15) is 0 Å². The van der Waals surface area contributed by atoms with Gasteiger partial charge < -0.3 is 39.3 Å². The van der Waals surface area contributed by atoms with E-state index in [-0.39, 0.29) is 92.9 Å². The Morgan fingerprint density at radius 2 is 0.608 bits per heavy atom. The largest absolute Gasteiger partial charge is 0.337 e. The average molecular weight is 1840 g/mol. The van der Waals surface area contributed by atoms with E-state index in [1.54, 1.807) is 6.92 Å². The fourth-order valence-electron chi connectivity index (χ4n) is 9.64. The molecule has 12 aromatic rings. The van der Waals surface area contributed by atoms with Gasteiger partial charge in [0.05, 0.1) is 51.0 Å². The topological polar surface area (TPSA) is 473 Å². The fraction of sp³-hybridized carbons (Fsp3) is 0.250. The predicted octanol–water partition coefficient (Wildman–Crippen LogP) is 16.9. The summed E-state index contributed by atoms with van der Waals surface area (Å²) < 4.78 is 498. The molecule has 0 aliphatic heterocycles. The van der Waals surface area contributed by atoms with E-state index < -0.39 is 338 Å². The van der Waals surface area contributed by atoms with Gasteiger partial charge in [0, 0.05) is 93.9 Å². The molecule has 12 rings (SSSR count). The Hall–Kier alpha value is -11.9. The number of hydrogen-bond acceptors (Lipinski definition) is 28. The maximum absolute atomic E-state index is 13.7. The first kappa shape index (κ1) is 46.0. The molecule has 0 radical (unpaired) electrons. The molecule has 8 aromatic heterocycles. The zero-order valence-electron chi connectivity index (χ0n) is 110. The van der Waals surface area contributed by atoms with Crippen molar-refractivity contribution in [2.45, 2.75) is 157 Å². The van der Waals surface area contributed by atoms with Crippen LogP contribution in [0.2, 0.25) is 11.3 Å². The molecule has 0 saturated carbocycles. The highest BCUT2D eigenvalue weighted by atomic mass is 32.2. The van der Waals surface area contributed by atoms with E-state index in [0.717, 1.165) is 48.0 Å². The number of nitrogens with zero attached hydrogens (tertiary/aromatic N) is 4. The molecule has 8 N–H and O–H groups in total. The molecular weight excluding hydrogens is 1710 g/mol. The van der Waals surface area contributed by atoms with Gasteiger partial charge in [-0.3, -0.25) is 38.4 Å². The third kappa shape index (κ3) is 21.0. The molecule has 8 heterocycles. The molecule has 40 heteroatoms. The molecule has 0 bridgehead atoms. The highest BCUT2D eigenvalue weighted by molar-refractivity contribution is 7.94. The van der Waals surface area contributed by atoms with Gasteiger partial charge >= 0.3 is 0 Å². The SMILES string of the molecule is [2H]c1c(C([2H])([2H])[2H])cc(C([2H])([2H])[2H])c(N([2H])C(=O)c2sccc2S(=O)(=O)N([2H])c2onc(C([2H])([2H])[2H])c2C([2H])([2H])[2H])c1C(=O)C([2H])([2H])[2H].[2H]c1c(C([2H])([2H])[2H])cc(C([2H])([2H])[2H])c(N([2H])C(=O)c2sccc2S(=O)(=O)N([2H])c2onc(C([2H])([2H])[2H])c2C)c1C(=O)C([2H])([2H])[2H].[2H]c1c(C)cc(C(=O)C([2H])([2H])[2H])c(N([2H])C(=O)c2sccc2S(=O)(=O)N([2H])c2onc(C)c2C([2H])([2H])[2H])c1C.[2H]c1c(C)cc(C(=O)C([2H])([2H])[2H])c(N([2H])C(=O)c2sccc2S(=O)(=O)N([2H])c2onc(C)c2C)c1C. The average Bonchev–Trinajstić information content (AvgIpc) is 0.868. The lowest BCUT2D eigenvalue weighted by molar-refractivity contribution is 0.100. The molecule has 0 atom stereocenters. The number of amides is 4. The van der Waals surface area contributed by atoms with Gasteiger partial charge in [0.2, 0.25) is 23.5 Å². The van der Waals surface area contributed by atoms with Crippen molar-refractivity contribution in [2.24, 2.45) is 0 Å². The first-order valence-corrected chi connectivity index (χ1v) is 41.5. The second-order valence-electron chi connectivity index (χ2n) is 23.8. The number of benzene rings is 4. The van der Waals surface area contributed by atoms with Gasteiger partial charge in [0.15, 0.2) is 34.4 Å². The molecule has 120 heavy (non-hydrogen) atoms. The van der Waals surface area contributed by atoms with Gasteiger partial charge in [-0.05, 0) is 252 Å². The second-order valence-corrected chi connectivity index (χ2v) is 33.8. The molecular formula is C80H84N12O20S8. The van der Waals surface area contributed by atoms with E-state index in [0.29, 0.717) is 63.5 Å². The van der Waals surface area contributed by atoms with Crippen LogP contribution in [0, 0.1) is 110 Å². The zero-order valence-corrected chi connectivity index (χ0v) is 68.3. The molecule has 0 aliphatic rings. The van der Waals surface area contributed by atoms with Crippen molar-refractivity contribution in [3.05, 3.63) is 226 Å². The predicted molar refractivity (Wildman–Crippen MR) is 460 cm³/mol. The standard InChI is InChI=1S/4C20H21N3O5S2/c4*1-10-8-11(2)17(15(9-10)14(5)24)21-19(25)18-16(6-7-29-18)30(26,27)23-20-12(3)13(4)22-28-20/h4*6-9,23H,1-5H3,(H,21,25)/i1D3,2D3,3D3,4D3,5D3,9D;1D3,2D3,4D3,5D3,9D;3D3,5D3,8D;5D3,8D/hD8. The maximum atomic E-state index is 13.7. The molecule has 4 aromatic carbocycles. The third-order valence-electron chi connectivity index (χ3n) is 15.4. The number of sulfonamides is 4. The summed E-state index contributed by atoms with van der Waals surface area (Å²) in [5.74, 6) is -16.2. The van der Waals surface area contributed by atoms with Crippen LogP contribution in [-0.2, 0) is 40.1 Å². The molecule has 32 nitrogen and oxygen atoms in total. The first-order chi connectivity index (χ1) is 75.7. The molecule has 632 valence electrons. The van der Waals surface area contributed by atoms with Crippen molar-refractivity contribution in [1.82, 2.24) is 20.6 Å². The Kier molecular flexibility index (Phi) is 14.3. The molecule has 4 amide bonds. The Morgan fingerprint density at radius 1 is 0.333 bits per heavy atom. The van der Waals surface area contributed by atoms with Crippen LogP contribution in [0.15, 0.2) is 132 Å². The van der Waals surface area contributed by atoms with E-state index >= 15 is 0 Å². The monoisotopic (exact) mass is 1840 g/mol. The summed E-state index contributed by atoms with van der Waals surface area (Å²) in [5.41, 5.74) is -15.3. The minimum Gasteiger partial charge on any atom is -0.337 e. The second kappa shape index (κ2) is 37.2. The highest BCUT2D eigenvalue weighted by Crippen LogP contribution is 2.36. The normalized spacial score (nSPS) is 18.5. The van der Waals surface area contributed by atoms with E-state index in [4.69, 9.17) is 79.7 Å². The Morgan fingerprint density at radius 3 is 0.892 bits per heavy atom. The number of thiophene rings is 4. The minimum atomic E-state index is -5.44. The van der Waals surface area contributed by atoms with Crippen LogP contribution < -0.4 is 40.1 Å². The van der Waals surface area contributed by atoms with Gasteiger partial charge in [-0.25, -0.2) is 52.5 Å². The molecule has 0 fully saturated rings. The van der Waals surface area contributed by atoms with Crippen LogP contribution in [0.3, 0.4) is 0 Å². The van der Waals surface area contributed by atoms with Gasteiger partial charge in [0.1, 0.15) is 39.1 Å². The lowest BCUT2D eigenvalue weighted by atomic mass is 10.0. The van der Waals surface area contributed by atoms with Crippen molar-refractivity contribution >= 4 is 178 Å². The van der Waals surface area contributed by atoms with Crippen LogP contribution in [0.4, 0.5) is 46.3 Å². The zero-order chi connectivity index (χ0) is 129. The lowest BCUT2D eigenvalue weighted by Crippen LogP contribution is -2.20. The summed E-state index contributed by atoms with van der Waals surface area (Å²) >= 11 is 1.87. The van der Waals surface area contributed by atoms with Crippen LogP contribution in [-0.4, -0.2) is 101 Å². The summed E-state index contributed by atoms with van der Waals surface area (Å²) in [6, 6.07) is 3.53. The number of rotatable bonds is 24. The number of nitrogens with one attached hydrogen (secondary N) is 8. The van der Waals surface area contributed by atoms with Gasteiger partial charge in [-0.15, -0.1) is 45.3 Å². The number of carbonyl (C=O) groups is 8. The van der Waals surface area contributed by atoms with E-state index in [1.807, 2.05) is 0 Å². The van der Waals surface area contributed by atoms with E-state index in [1.165, 1.54) is 52.3 Å². The Bertz CT molecular complexity index is 8660. The van der Waals surface area contributed by atoms with Crippen LogP contribution in [0.5, 0.6) is 0 Å². The molecule has 0 unspecified atom stereocenters. The summed E-state index contributed by atoms with van der Waals surface area (Å²) in [5, 5.41) is 17.4. The smallest absolute Gasteiger partial charge is 0.267 e. The number of aryl methyl sites for hydroxylation is 10. The Labute approximate surface area is 775 Å². The minimum absolute atomic E-state index is 0.0122. The highest BCUT2D eigenvalue weighted by Gasteiger charge is 2.33. The first-order valence-electron chi connectivity index (χ1n) is 55.8. The number of carbonyl (C=O) groups excluding carboxylic acids is 8. The lowest BCUT2D eigenvalue weighted by Gasteiger charge is -2.14. The van der Waals surface area contributed by atoms with Gasteiger partial charge in [-0.1, -0.05) is 44.8 Å². The number of anilines is 8. The fourth-order valence-corrected chi connectivity index (χ4v) is 18.6. The van der Waals surface area contributed by atoms with E-state index in [2.05, 4.69) is 25.1 Å². The van der Waals surface area contributed by atoms with Crippen molar-refractivity contribution in [3.8, 4) is 0 Å². The maximum Gasteiger partial charge on any atom is 0.267 e. The van der Waals surface area contributed by atoms with Crippen molar-refractivity contribution in [1.29, 1.82) is 0 Å². The summed E-state index contributed by atoms with van der Waals surface area (Å²) in [6.07, 6.45) is 0. The summed E-state index contributed by atoms with van der Waals surface area (Å²) in [7, 11) is -20.2. The molecule has 0 spiro atoms. The molecule has 0 saturated heterocycles. The van der Waals surface area contributed by atoms with Crippen LogP contribution in [0.25, 0.3) is 0 Å². The van der Waals surface area contributed by atoms with E-state index in [9.17, 15) is 72.0 Å². The number of ketones is 4. The summed E-state index contributed by atoms with van der Waals surface area (Å²) in [6.45, 7) is -28.3. The van der Waals surface area contributed by atoms with Crippen molar-refractivity contribution in [3.63, 3.8) is 0 Å². The van der Waals surface area contributed by atoms with Crippen molar-refractivity contribution in [2.75, 3.05) is 40.1 Å². The summed E-state index contributed by atoms with van der Waals surface area (Å²) in [4.78, 5) is 98.9. The third-order valence-corrected chi connectivity index (χ3v) is 24.7.